The molecule has 4 N–H and O–H groups in total. The minimum atomic E-state index is -3.88. The number of ether oxygens (including phenoxy) is 5. The Labute approximate surface area is 864 Å². The van der Waals surface area contributed by atoms with E-state index in [1.54, 1.807) is 63.8 Å². The number of carbonyl (C=O) groups is 4. The molecule has 5 aromatic heterocycles. The molecule has 140 heavy (non-hydrogen) atoms. The molecule has 3 atom stereocenters. The molecule has 61 heteroatoms. The Balaban J connectivity index is 0.000000228. The van der Waals surface area contributed by atoms with E-state index in [1.165, 1.54) is 62.8 Å². The second kappa shape index (κ2) is 54.6. The second-order valence-electron chi connectivity index (χ2n) is 34.0. The number of methoxy groups -OCH3 is 2. The first-order valence-electron chi connectivity index (χ1n) is 44.0. The van der Waals surface area contributed by atoms with Crippen LogP contribution in [0.4, 0.5) is 43.2 Å². The summed E-state index contributed by atoms with van der Waals surface area (Å²) in [6.07, 6.45) is 14.9. The Morgan fingerprint density at radius 3 is 1.26 bits per heavy atom. The van der Waals surface area contributed by atoms with E-state index in [2.05, 4.69) is 76.0 Å². The van der Waals surface area contributed by atoms with Gasteiger partial charge in [0.1, 0.15) is 34.4 Å². The molecule has 699 valence electrons. The first-order chi connectivity index (χ1) is 65.4. The minimum Gasteiger partial charge on any atom is -0.748 e. The van der Waals surface area contributed by atoms with Crippen LogP contribution in [0.15, 0.2) is 106 Å². The molecule has 4 aromatic carbocycles. The quantitative estimate of drug-likeness (QED) is 0.0158. The molecule has 4 saturated carbocycles. The number of rotatable bonds is 28. The molecule has 1 amide bonds. The van der Waals surface area contributed by atoms with Gasteiger partial charge in [0.2, 0.25) is 5.91 Å². The number of aryl methyl sites for hydroxylation is 2. The fraction of sp³-hybridized carbons (Fsp3) is 0.481. The molecule has 9 aromatic rings. The summed E-state index contributed by atoms with van der Waals surface area (Å²) in [4.78, 5) is 60.6. The number of nitrogens with zero attached hydrogens (tertiary/aromatic N) is 13. The molecule has 4 aliphatic carbocycles. The maximum absolute atomic E-state index is 13.5. The summed E-state index contributed by atoms with van der Waals surface area (Å²) in [7, 11) is 50.5. The minimum absolute atomic E-state index is 0. The van der Waals surface area contributed by atoms with E-state index in [4.69, 9.17) is 128 Å². The molecule has 16 rings (SSSR count). The van der Waals surface area contributed by atoms with Gasteiger partial charge in [-0.15, -0.1) is 0 Å². The average Bonchev–Trinajstić information content (AvgIpc) is 1.60. The predicted octanol–water partition coefficient (Wildman–Crippen LogP) is 2.53. The second-order valence-corrected chi connectivity index (χ2v) is 43.4. The number of aldehydes is 1. The SMILES string of the molecule is C.COC(=O)C(Br)CC1CCOCC1.Cn1ccc(N)n1.O=S(=O)([O-])C1CC1.[B][B]B([B])B(B(B([B])[B])B([B])[B])B(B([B])[B])B([B])[B].[C-]#[N+]c1cc(F)c(C=O)c(F)c1.[C-]#[N+]c1cc(S(=O)(=O)C2CC2)c2cn[nH]c2c1.[C-]#[N+]c1cc(S(=O)(=O)C2CC2)c2cnn(C(CC3CCOCC3)C(=O)Nc3ccn(C)n3)c2c1.[C-]#[N+]c1cc(S(=O)(=O)C2CC2)c2cnn(C(CC3CCOCC3)C(=O)OC)c2c1.[Na+]. The number of nitrogen functional groups attached to an aromatic ring is 1. The Kier molecular flexibility index (Phi) is 46.3. The van der Waals surface area contributed by atoms with Gasteiger partial charge in [-0.05, 0) is 182 Å². The smallest absolute Gasteiger partial charge is 0.748 e. The Morgan fingerprint density at radius 2 is 0.936 bits per heavy atom. The molecule has 0 spiro atoms. The molecule has 0 bridgehead atoms. The fourth-order valence-corrected chi connectivity index (χ4v) is 22.8. The van der Waals surface area contributed by atoms with Gasteiger partial charge >= 0.3 is 41.5 Å². The van der Waals surface area contributed by atoms with Gasteiger partial charge < -0.3 is 39.3 Å². The molecule has 3 unspecified atom stereocenters. The topological polar surface area (TPSA) is 430 Å². The number of aromatic nitrogens is 10. The van der Waals surface area contributed by atoms with E-state index in [-0.39, 0.29) is 109 Å². The van der Waals surface area contributed by atoms with Crippen molar-refractivity contribution in [3.8, 4) is 0 Å². The zero-order valence-corrected chi connectivity index (χ0v) is 84.1. The third-order valence-corrected chi connectivity index (χ3v) is 32.7. The number of sulfone groups is 3. The van der Waals surface area contributed by atoms with Crippen molar-refractivity contribution in [3.63, 3.8) is 0 Å². The zero-order chi connectivity index (χ0) is 101. The van der Waals surface area contributed by atoms with Crippen molar-refractivity contribution in [2.24, 2.45) is 31.8 Å². The molecular formula is C79H92B19BrF2N16NaO18S4. The number of hydrogen-bond acceptors (Lipinski definition) is 24. The third kappa shape index (κ3) is 32.9. The van der Waals surface area contributed by atoms with Crippen LogP contribution in [0.5, 0.6) is 0 Å². The molecule has 34 nitrogen and oxygen atoms in total. The van der Waals surface area contributed by atoms with Crippen LogP contribution in [-0.2, 0) is 91.8 Å². The number of H-pyrrole nitrogens is 1. The number of fused-ring (bicyclic) bond motifs is 3. The van der Waals surface area contributed by atoms with Crippen molar-refractivity contribution in [3.05, 3.63) is 155 Å². The van der Waals surface area contributed by atoms with Crippen molar-refractivity contribution in [2.45, 2.75) is 169 Å². The number of benzene rings is 4. The number of esters is 2. The van der Waals surface area contributed by atoms with Gasteiger partial charge in [0.25, 0.3) is 0 Å². The Hall–Kier alpha value is -8.24. The van der Waals surface area contributed by atoms with E-state index in [0.717, 1.165) is 70.3 Å². The van der Waals surface area contributed by atoms with Crippen molar-refractivity contribution in [1.82, 2.24) is 49.3 Å². The van der Waals surface area contributed by atoms with Crippen LogP contribution in [-0.4, -0.2) is 327 Å². The molecular weight excluding hydrogens is 1940 g/mol. The van der Waals surface area contributed by atoms with Gasteiger partial charge in [0.15, 0.2) is 64.4 Å². The molecule has 3 saturated heterocycles. The summed E-state index contributed by atoms with van der Waals surface area (Å²) >= 11 is 3.32. The van der Waals surface area contributed by atoms with Crippen LogP contribution in [0.2, 0.25) is 0 Å². The Morgan fingerprint density at radius 1 is 0.564 bits per heavy atom. The third-order valence-electron chi connectivity index (χ3n) is 23.8. The zero-order valence-electron chi connectivity index (χ0n) is 77.3. The van der Waals surface area contributed by atoms with Crippen molar-refractivity contribution >= 4 is 282 Å². The summed E-state index contributed by atoms with van der Waals surface area (Å²) in [5, 5.41) is 26.2. The van der Waals surface area contributed by atoms with E-state index in [1.807, 2.05) is 7.05 Å². The summed E-state index contributed by atoms with van der Waals surface area (Å²) in [6.45, 7) is 32.6. The van der Waals surface area contributed by atoms with Crippen LogP contribution in [0.3, 0.4) is 0 Å². The largest absolute Gasteiger partial charge is 1.00 e. The van der Waals surface area contributed by atoms with Gasteiger partial charge in [-0.25, -0.2) is 66.6 Å². The number of hydrogen-bond donors (Lipinski definition) is 3. The molecule has 7 aliphatic rings. The summed E-state index contributed by atoms with van der Waals surface area (Å²) in [5.41, 5.74) is 6.74. The van der Waals surface area contributed by atoms with Gasteiger partial charge in [-0.2, -0.15) is 25.5 Å². The molecule has 7 fully saturated rings. The van der Waals surface area contributed by atoms with Gasteiger partial charge in [0.05, 0.1) is 122 Å². The Bertz CT molecular complexity index is 6320. The first kappa shape index (κ1) is 119. The monoisotopic (exact) mass is 2030 g/mol. The maximum Gasteiger partial charge on any atom is 1.00 e. The molecule has 21 radical (unpaired) electrons. The van der Waals surface area contributed by atoms with Crippen molar-refractivity contribution in [2.75, 3.05) is 64.9 Å². The molecule has 3 aliphatic heterocycles. The fourth-order valence-electron chi connectivity index (χ4n) is 15.8. The normalized spacial score (nSPS) is 15.8. The number of halogens is 3. The van der Waals surface area contributed by atoms with E-state index >= 15 is 0 Å². The summed E-state index contributed by atoms with van der Waals surface area (Å²) in [6, 6.07) is 12.8. The molecule has 8 heterocycles. The van der Waals surface area contributed by atoms with E-state index in [0.29, 0.717) is 147 Å². The van der Waals surface area contributed by atoms with Crippen LogP contribution >= 0.6 is 15.9 Å². The number of anilines is 2. The number of amides is 1. The van der Waals surface area contributed by atoms with E-state index < -0.39 is 142 Å². The number of nitrogens with two attached hydrogens (primary N) is 1. The standard InChI is InChI=1S/C23H26N6O4S.C20H23N3O5S.C11H9N3O2S.C9H15BrO3.C8H3F2NO.C4H7N3.C3H6O3S.CH4.B19.Na/c1-24-16-12-19-18(21(13-16)34(31,32)17-3-4-17)14-25-29(19)20(11-15-6-9-33-10-7-15)23(30)26-22-5-8-28(2)27-22;1-21-14-10-17-16(19(11-14)29(25,26)15-3-4-15)12-22-23(17)18(20(24)27-2)9-13-5-7-28-8-6-13;1-12-7-4-10-9(6-13-14-10)11(5-7)17(15,16)8-2-3-8;1-12-9(11)8(10)6-7-2-4-13-5-3-7;1-11-5-2-7(9)6(4-12)8(10)3-5;1-7-3-2-4(5)6-7;4-7(5,6)3-1-2-3;;1-11-16(10)19(17(12(2)3)13(4)5)18(14(6)7)15(8)9;/h5,8,12-15,17,20H,3-4,6-7,9-11H2,2H3,(H,26,27,30);10-13,15,18H,3-9H2,2H3;4-6,8H,2-3H2,(H,13,14);7-8H,2-6H2,1H3;2-4H;2-3H,1H3,(H2,5,6);3H,1-2H2,(H,4,5,6);1H4;;/q;;;;;;;;;+1/p-1. The first-order valence-corrected chi connectivity index (χ1v) is 51.0. The van der Waals surface area contributed by atoms with Crippen molar-refractivity contribution < 1.29 is 119 Å². The van der Waals surface area contributed by atoms with Crippen LogP contribution < -0.4 is 40.6 Å². The van der Waals surface area contributed by atoms with Gasteiger partial charge in [0, 0.05) is 229 Å². The van der Waals surface area contributed by atoms with Crippen LogP contribution in [0, 0.1) is 55.7 Å². The van der Waals surface area contributed by atoms with E-state index in [9.17, 15) is 66.2 Å². The predicted molar refractivity (Wildman–Crippen MR) is 551 cm³/mol. The van der Waals surface area contributed by atoms with Gasteiger partial charge in [-0.3, -0.25) is 38.2 Å². The number of alkyl halides is 1. The van der Waals surface area contributed by atoms with Crippen LogP contribution in [0.1, 0.15) is 139 Å². The summed E-state index contributed by atoms with van der Waals surface area (Å²) < 4.78 is 164. The summed E-state index contributed by atoms with van der Waals surface area (Å²) in [5.74, 6) is -0.758. The van der Waals surface area contributed by atoms with Crippen LogP contribution in [0.25, 0.3) is 52.1 Å². The van der Waals surface area contributed by atoms with Gasteiger partial charge in [-0.1, -0.05) is 23.4 Å². The number of nitrogens with one attached hydrogen (secondary N) is 2. The maximum atomic E-state index is 13.5. The number of carbonyl (C=O) groups excluding carboxylic acids is 4. The number of aromatic amines is 1. The average molecular weight is 2030 g/mol. The van der Waals surface area contributed by atoms with Crippen molar-refractivity contribution in [1.29, 1.82) is 0 Å².